The molecule has 27 heavy (non-hydrogen) atoms. The Morgan fingerprint density at radius 1 is 1.22 bits per heavy atom. The summed E-state index contributed by atoms with van der Waals surface area (Å²) in [5.74, 6) is 3.63. The Bertz CT molecular complexity index is 729. The highest BCUT2D eigenvalue weighted by molar-refractivity contribution is 14.1. The molecule has 0 unspecified atom stereocenters. The van der Waals surface area contributed by atoms with Gasteiger partial charge in [-0.2, -0.15) is 0 Å². The van der Waals surface area contributed by atoms with Crippen molar-refractivity contribution in [3.8, 4) is 11.5 Å². The largest absolute Gasteiger partial charge is 0.493 e. The molecule has 5 heteroatoms. The maximum atomic E-state index is 12.6. The molecule has 146 valence electrons. The number of halogens is 1. The zero-order chi connectivity index (χ0) is 19.2. The van der Waals surface area contributed by atoms with E-state index in [2.05, 4.69) is 36.1 Å². The standard InChI is InChI=1S/C22H27IO4/c1-4-13-10-18(23)21(19(11-13)25-3)26-12-20(24)27-22(2)16-6-14-5-15(8-16)9-17(22)7-14/h4,10-11,14-17H,1,5-9,12H2,2-3H3. The van der Waals surface area contributed by atoms with Crippen LogP contribution < -0.4 is 9.47 Å². The van der Waals surface area contributed by atoms with E-state index < -0.39 is 0 Å². The molecule has 0 atom stereocenters. The lowest BCUT2D eigenvalue weighted by Gasteiger charge is -2.59. The van der Waals surface area contributed by atoms with Gasteiger partial charge in [0.2, 0.25) is 0 Å². The summed E-state index contributed by atoms with van der Waals surface area (Å²) >= 11 is 2.19. The molecule has 0 aliphatic heterocycles. The highest BCUT2D eigenvalue weighted by atomic mass is 127. The van der Waals surface area contributed by atoms with Crippen LogP contribution in [0.2, 0.25) is 0 Å². The Morgan fingerprint density at radius 3 is 2.41 bits per heavy atom. The van der Waals surface area contributed by atoms with Gasteiger partial charge in [0.05, 0.1) is 10.7 Å². The van der Waals surface area contributed by atoms with E-state index in [-0.39, 0.29) is 18.2 Å². The number of carbonyl (C=O) groups is 1. The van der Waals surface area contributed by atoms with Crippen LogP contribution in [0.4, 0.5) is 0 Å². The molecule has 1 aromatic carbocycles. The van der Waals surface area contributed by atoms with Crippen LogP contribution in [0.15, 0.2) is 18.7 Å². The Labute approximate surface area is 174 Å². The molecule has 0 heterocycles. The van der Waals surface area contributed by atoms with Crippen LogP contribution in [-0.4, -0.2) is 25.3 Å². The normalized spacial score (nSPS) is 33.6. The zero-order valence-corrected chi connectivity index (χ0v) is 18.2. The lowest BCUT2D eigenvalue weighted by Crippen LogP contribution is -2.58. The third-order valence-corrected chi connectivity index (χ3v) is 7.72. The highest BCUT2D eigenvalue weighted by Crippen LogP contribution is 2.59. The van der Waals surface area contributed by atoms with Crippen molar-refractivity contribution in [2.24, 2.45) is 23.7 Å². The van der Waals surface area contributed by atoms with Gasteiger partial charge >= 0.3 is 5.97 Å². The molecule has 1 aromatic rings. The lowest BCUT2D eigenvalue weighted by molar-refractivity contribution is -0.204. The molecule has 5 rings (SSSR count). The fraction of sp³-hybridized carbons (Fsp3) is 0.591. The molecular weight excluding hydrogens is 455 g/mol. The van der Waals surface area contributed by atoms with Gasteiger partial charge in [-0.3, -0.25) is 0 Å². The molecule has 0 N–H and O–H groups in total. The molecule has 0 aromatic heterocycles. The average molecular weight is 482 g/mol. The number of carbonyl (C=O) groups excluding carboxylic acids is 1. The number of rotatable bonds is 6. The maximum Gasteiger partial charge on any atom is 0.344 e. The summed E-state index contributed by atoms with van der Waals surface area (Å²) in [5, 5.41) is 0. The number of hydrogen-bond donors (Lipinski definition) is 0. The fourth-order valence-corrected chi connectivity index (χ4v) is 6.47. The van der Waals surface area contributed by atoms with Gasteiger partial charge in [0.15, 0.2) is 18.1 Å². The van der Waals surface area contributed by atoms with Gasteiger partial charge in [-0.15, -0.1) is 0 Å². The molecule has 4 aliphatic carbocycles. The quantitative estimate of drug-likeness (QED) is 0.419. The van der Waals surface area contributed by atoms with E-state index in [1.165, 1.54) is 32.1 Å². The van der Waals surface area contributed by atoms with E-state index in [9.17, 15) is 4.79 Å². The van der Waals surface area contributed by atoms with Crippen LogP contribution >= 0.6 is 22.6 Å². The topological polar surface area (TPSA) is 44.8 Å². The minimum absolute atomic E-state index is 0.0956. The lowest BCUT2D eigenvalue weighted by atomic mass is 9.50. The first-order valence-corrected chi connectivity index (χ1v) is 10.9. The molecule has 0 amide bonds. The molecule has 4 saturated carbocycles. The predicted molar refractivity (Wildman–Crippen MR) is 113 cm³/mol. The number of hydrogen-bond acceptors (Lipinski definition) is 4. The Morgan fingerprint density at radius 2 is 1.85 bits per heavy atom. The van der Waals surface area contributed by atoms with E-state index in [0.717, 1.165) is 21.0 Å². The smallest absolute Gasteiger partial charge is 0.344 e. The van der Waals surface area contributed by atoms with Crippen LogP contribution in [0, 0.1) is 27.2 Å². The van der Waals surface area contributed by atoms with Crippen molar-refractivity contribution in [2.75, 3.05) is 13.7 Å². The number of methoxy groups -OCH3 is 1. The summed E-state index contributed by atoms with van der Waals surface area (Å²) < 4.78 is 18.2. The van der Waals surface area contributed by atoms with Crippen molar-refractivity contribution in [2.45, 2.75) is 44.6 Å². The fourth-order valence-electron chi connectivity index (χ4n) is 5.69. The minimum Gasteiger partial charge on any atom is -0.493 e. The van der Waals surface area contributed by atoms with E-state index in [0.29, 0.717) is 23.3 Å². The second-order valence-electron chi connectivity index (χ2n) is 8.49. The van der Waals surface area contributed by atoms with Crippen molar-refractivity contribution in [3.05, 3.63) is 27.8 Å². The second kappa shape index (κ2) is 7.30. The van der Waals surface area contributed by atoms with Gasteiger partial charge in [-0.25, -0.2) is 4.79 Å². The summed E-state index contributed by atoms with van der Waals surface area (Å²) in [6.45, 7) is 5.84. The van der Waals surface area contributed by atoms with Crippen LogP contribution in [0.25, 0.3) is 6.08 Å². The number of esters is 1. The van der Waals surface area contributed by atoms with E-state index in [1.807, 2.05) is 12.1 Å². The molecule has 4 aliphatic rings. The first-order chi connectivity index (χ1) is 12.9. The third kappa shape index (κ3) is 3.47. The van der Waals surface area contributed by atoms with Gasteiger partial charge in [-0.05, 0) is 103 Å². The van der Waals surface area contributed by atoms with Gasteiger partial charge in [0.25, 0.3) is 0 Å². The molecule has 4 fully saturated rings. The van der Waals surface area contributed by atoms with Crippen LogP contribution in [0.5, 0.6) is 11.5 Å². The molecule has 0 spiro atoms. The van der Waals surface area contributed by atoms with Crippen molar-refractivity contribution >= 4 is 34.6 Å². The van der Waals surface area contributed by atoms with Crippen molar-refractivity contribution in [3.63, 3.8) is 0 Å². The monoisotopic (exact) mass is 482 g/mol. The maximum absolute atomic E-state index is 12.6. The summed E-state index contributed by atoms with van der Waals surface area (Å²) in [4.78, 5) is 12.6. The van der Waals surface area contributed by atoms with Crippen LogP contribution in [-0.2, 0) is 9.53 Å². The van der Waals surface area contributed by atoms with Crippen molar-refractivity contribution in [1.82, 2.24) is 0 Å². The van der Waals surface area contributed by atoms with Crippen molar-refractivity contribution < 1.29 is 19.0 Å². The average Bonchev–Trinajstić information content (AvgIpc) is 2.64. The third-order valence-electron chi connectivity index (χ3n) is 6.91. The molecule has 0 radical (unpaired) electrons. The van der Waals surface area contributed by atoms with Gasteiger partial charge < -0.3 is 14.2 Å². The molecule has 4 nitrogen and oxygen atoms in total. The number of benzene rings is 1. The van der Waals surface area contributed by atoms with Gasteiger partial charge in [0.1, 0.15) is 5.60 Å². The van der Waals surface area contributed by atoms with E-state index >= 15 is 0 Å². The Balaban J connectivity index is 1.43. The number of ether oxygens (including phenoxy) is 3. The second-order valence-corrected chi connectivity index (χ2v) is 9.65. The summed E-state index contributed by atoms with van der Waals surface area (Å²) in [5.41, 5.74) is 0.630. The minimum atomic E-state index is -0.322. The SMILES string of the molecule is C=Cc1cc(I)c(OCC(=O)OC2(C)C3CC4CC(C3)CC2C4)c(OC)c1. The van der Waals surface area contributed by atoms with Gasteiger partial charge in [0, 0.05) is 0 Å². The Kier molecular flexibility index (Phi) is 5.16. The summed E-state index contributed by atoms with van der Waals surface area (Å²) in [6, 6.07) is 3.81. The Hall–Kier alpha value is -1.24. The van der Waals surface area contributed by atoms with Crippen molar-refractivity contribution in [1.29, 1.82) is 0 Å². The van der Waals surface area contributed by atoms with Crippen LogP contribution in [0.3, 0.4) is 0 Å². The molecule has 0 saturated heterocycles. The van der Waals surface area contributed by atoms with Crippen LogP contribution in [0.1, 0.15) is 44.6 Å². The zero-order valence-electron chi connectivity index (χ0n) is 16.0. The van der Waals surface area contributed by atoms with E-state index in [4.69, 9.17) is 14.2 Å². The van der Waals surface area contributed by atoms with E-state index in [1.54, 1.807) is 13.2 Å². The van der Waals surface area contributed by atoms with Gasteiger partial charge in [-0.1, -0.05) is 12.7 Å². The predicted octanol–water partition coefficient (Wildman–Crippen LogP) is 5.08. The first kappa shape index (κ1) is 19.1. The molecular formula is C22H27IO4. The highest BCUT2D eigenvalue weighted by Gasteiger charge is 2.57. The first-order valence-electron chi connectivity index (χ1n) is 9.77. The summed E-state index contributed by atoms with van der Waals surface area (Å²) in [6.07, 6.45) is 8.01. The summed E-state index contributed by atoms with van der Waals surface area (Å²) in [7, 11) is 1.60. The molecule has 4 bridgehead atoms.